The van der Waals surface area contributed by atoms with Crippen LogP contribution in [0.25, 0.3) is 10.8 Å². The second-order valence-electron chi connectivity index (χ2n) is 6.79. The lowest BCUT2D eigenvalue weighted by atomic mass is 9.86. The van der Waals surface area contributed by atoms with Gasteiger partial charge in [0.1, 0.15) is 0 Å². The van der Waals surface area contributed by atoms with Crippen molar-refractivity contribution in [1.82, 2.24) is 10.3 Å². The van der Waals surface area contributed by atoms with Crippen molar-refractivity contribution in [2.75, 3.05) is 13.1 Å². The third-order valence-corrected chi connectivity index (χ3v) is 4.74. The molecule has 0 saturated heterocycles. The molecule has 1 aliphatic rings. The minimum absolute atomic E-state index is 0.692. The molecule has 3 rings (SSSR count). The highest BCUT2D eigenvalue weighted by Gasteiger charge is 2.29. The van der Waals surface area contributed by atoms with E-state index in [-0.39, 0.29) is 0 Å². The van der Waals surface area contributed by atoms with Crippen molar-refractivity contribution in [3.63, 3.8) is 0 Å². The van der Waals surface area contributed by atoms with Crippen molar-refractivity contribution in [3.05, 3.63) is 42.2 Å². The molecule has 2 unspecified atom stereocenters. The molecular formula is C19H26N2. The first kappa shape index (κ1) is 14.5. The van der Waals surface area contributed by atoms with Gasteiger partial charge in [-0.05, 0) is 60.7 Å². The van der Waals surface area contributed by atoms with E-state index in [4.69, 9.17) is 0 Å². The number of pyridine rings is 1. The largest absolute Gasteiger partial charge is 0.316 e. The molecule has 1 aromatic carbocycles. The van der Waals surface area contributed by atoms with Crippen molar-refractivity contribution < 1.29 is 0 Å². The van der Waals surface area contributed by atoms with Crippen molar-refractivity contribution >= 4 is 10.8 Å². The quantitative estimate of drug-likeness (QED) is 0.881. The lowest BCUT2D eigenvalue weighted by Gasteiger charge is -2.22. The molecule has 2 aromatic rings. The maximum Gasteiger partial charge on any atom is 0.0349 e. The van der Waals surface area contributed by atoms with Gasteiger partial charge in [0.15, 0.2) is 0 Å². The van der Waals surface area contributed by atoms with Gasteiger partial charge in [0.25, 0.3) is 0 Å². The molecule has 0 spiro atoms. The number of hydrogen-bond acceptors (Lipinski definition) is 2. The lowest BCUT2D eigenvalue weighted by molar-refractivity contribution is 0.426. The number of hydrogen-bond donors (Lipinski definition) is 1. The van der Waals surface area contributed by atoms with E-state index in [0.717, 1.165) is 24.9 Å². The number of nitrogens with one attached hydrogen (secondary N) is 1. The number of benzene rings is 1. The van der Waals surface area contributed by atoms with Gasteiger partial charge in [0, 0.05) is 17.8 Å². The molecule has 1 N–H and O–H groups in total. The van der Waals surface area contributed by atoms with Crippen LogP contribution in [0.2, 0.25) is 0 Å². The normalized spacial score (nSPS) is 22.2. The summed E-state index contributed by atoms with van der Waals surface area (Å²) in [5.74, 6) is 2.19. The van der Waals surface area contributed by atoms with Gasteiger partial charge in [0.2, 0.25) is 0 Å². The predicted octanol–water partition coefficient (Wildman–Crippen LogP) is 4.36. The highest BCUT2D eigenvalue weighted by atomic mass is 14.9. The van der Waals surface area contributed by atoms with Gasteiger partial charge in [-0.25, -0.2) is 0 Å². The Hall–Kier alpha value is -1.41. The minimum Gasteiger partial charge on any atom is -0.316 e. The van der Waals surface area contributed by atoms with Gasteiger partial charge in [-0.1, -0.05) is 38.5 Å². The monoisotopic (exact) mass is 282 g/mol. The standard InChI is InChI=1S/C19H26N2/c1-14(2)11-21-12-16-6-4-7-17(16)18-8-3-5-15-9-10-20-13-19(15)18/h3,5,8-10,13-14,16-17,21H,4,6-7,11-12H2,1-2H3. The van der Waals surface area contributed by atoms with Crippen LogP contribution in [-0.4, -0.2) is 18.1 Å². The summed E-state index contributed by atoms with van der Waals surface area (Å²) in [7, 11) is 0. The summed E-state index contributed by atoms with van der Waals surface area (Å²) in [5, 5.41) is 6.33. The molecule has 0 amide bonds. The molecule has 2 atom stereocenters. The number of aromatic nitrogens is 1. The van der Waals surface area contributed by atoms with Crippen molar-refractivity contribution in [2.24, 2.45) is 11.8 Å². The average molecular weight is 282 g/mol. The Labute approximate surface area is 128 Å². The van der Waals surface area contributed by atoms with E-state index in [1.807, 2.05) is 12.4 Å². The summed E-state index contributed by atoms with van der Waals surface area (Å²) in [5.41, 5.74) is 1.51. The van der Waals surface area contributed by atoms with E-state index in [1.165, 1.54) is 35.6 Å². The predicted molar refractivity (Wildman–Crippen MR) is 89.5 cm³/mol. The van der Waals surface area contributed by atoms with Crippen LogP contribution < -0.4 is 5.32 Å². The van der Waals surface area contributed by atoms with E-state index in [1.54, 1.807) is 0 Å². The van der Waals surface area contributed by atoms with Crippen LogP contribution in [0.1, 0.15) is 44.6 Å². The molecule has 21 heavy (non-hydrogen) atoms. The first-order valence-electron chi connectivity index (χ1n) is 8.29. The fraction of sp³-hybridized carbons (Fsp3) is 0.526. The van der Waals surface area contributed by atoms with Crippen LogP contribution in [0.4, 0.5) is 0 Å². The van der Waals surface area contributed by atoms with Crippen molar-refractivity contribution in [2.45, 2.75) is 39.0 Å². The number of rotatable bonds is 5. The first-order valence-corrected chi connectivity index (χ1v) is 8.29. The highest BCUT2D eigenvalue weighted by molar-refractivity contribution is 5.85. The van der Waals surface area contributed by atoms with Crippen LogP contribution in [0.5, 0.6) is 0 Å². The molecule has 2 heteroatoms. The van der Waals surface area contributed by atoms with E-state index >= 15 is 0 Å². The van der Waals surface area contributed by atoms with Crippen molar-refractivity contribution in [3.8, 4) is 0 Å². The molecule has 112 valence electrons. The van der Waals surface area contributed by atoms with E-state index in [9.17, 15) is 0 Å². The van der Waals surface area contributed by atoms with Crippen LogP contribution in [0.3, 0.4) is 0 Å². The van der Waals surface area contributed by atoms with Crippen LogP contribution in [0, 0.1) is 11.8 Å². The van der Waals surface area contributed by atoms with E-state index in [2.05, 4.69) is 48.4 Å². The second-order valence-corrected chi connectivity index (χ2v) is 6.79. The van der Waals surface area contributed by atoms with Gasteiger partial charge in [-0.3, -0.25) is 4.98 Å². The zero-order chi connectivity index (χ0) is 14.7. The zero-order valence-electron chi connectivity index (χ0n) is 13.2. The Morgan fingerprint density at radius 3 is 3.00 bits per heavy atom. The Morgan fingerprint density at radius 1 is 1.24 bits per heavy atom. The molecule has 0 aliphatic heterocycles. The fourth-order valence-electron chi connectivity index (χ4n) is 3.71. The summed E-state index contributed by atoms with van der Waals surface area (Å²) in [6.07, 6.45) is 7.97. The third-order valence-electron chi connectivity index (χ3n) is 4.74. The first-order chi connectivity index (χ1) is 10.3. The van der Waals surface area contributed by atoms with E-state index < -0.39 is 0 Å². The lowest BCUT2D eigenvalue weighted by Crippen LogP contribution is -2.27. The number of nitrogens with zero attached hydrogens (tertiary/aromatic N) is 1. The fourth-order valence-corrected chi connectivity index (χ4v) is 3.71. The Kier molecular flexibility index (Phi) is 4.54. The van der Waals surface area contributed by atoms with E-state index in [0.29, 0.717) is 5.92 Å². The molecule has 1 saturated carbocycles. The molecule has 1 aliphatic carbocycles. The van der Waals surface area contributed by atoms with Crippen molar-refractivity contribution in [1.29, 1.82) is 0 Å². The van der Waals surface area contributed by atoms with Gasteiger partial charge in [-0.15, -0.1) is 0 Å². The van der Waals surface area contributed by atoms with Crippen LogP contribution in [-0.2, 0) is 0 Å². The molecule has 1 fully saturated rings. The SMILES string of the molecule is CC(C)CNCC1CCCC1c1cccc2ccncc12. The molecule has 0 bridgehead atoms. The smallest absolute Gasteiger partial charge is 0.0349 e. The minimum atomic E-state index is 0.692. The Balaban J connectivity index is 1.80. The van der Waals surface area contributed by atoms with Gasteiger partial charge < -0.3 is 5.32 Å². The Bertz CT molecular complexity index is 586. The van der Waals surface area contributed by atoms with Gasteiger partial charge in [0.05, 0.1) is 0 Å². The maximum atomic E-state index is 4.34. The maximum absolute atomic E-state index is 4.34. The average Bonchev–Trinajstić information content (AvgIpc) is 2.94. The molecule has 1 heterocycles. The summed E-state index contributed by atoms with van der Waals surface area (Å²) < 4.78 is 0. The Morgan fingerprint density at radius 2 is 2.14 bits per heavy atom. The molecular weight excluding hydrogens is 256 g/mol. The molecule has 0 radical (unpaired) electrons. The molecule has 2 nitrogen and oxygen atoms in total. The summed E-state index contributed by atoms with van der Waals surface area (Å²) in [6, 6.07) is 8.84. The van der Waals surface area contributed by atoms with Crippen LogP contribution >= 0.6 is 0 Å². The second kappa shape index (κ2) is 6.57. The zero-order valence-corrected chi connectivity index (χ0v) is 13.2. The van der Waals surface area contributed by atoms with Crippen LogP contribution in [0.15, 0.2) is 36.7 Å². The highest BCUT2D eigenvalue weighted by Crippen LogP contribution is 2.41. The summed E-state index contributed by atoms with van der Waals surface area (Å²) in [6.45, 7) is 6.82. The molecule has 1 aromatic heterocycles. The van der Waals surface area contributed by atoms with Gasteiger partial charge in [-0.2, -0.15) is 0 Å². The summed E-state index contributed by atoms with van der Waals surface area (Å²) in [4.78, 5) is 4.34. The number of fused-ring (bicyclic) bond motifs is 1. The topological polar surface area (TPSA) is 24.9 Å². The van der Waals surface area contributed by atoms with Gasteiger partial charge >= 0.3 is 0 Å². The third kappa shape index (κ3) is 3.26. The summed E-state index contributed by atoms with van der Waals surface area (Å²) >= 11 is 0.